The van der Waals surface area contributed by atoms with Crippen LogP contribution in [0.5, 0.6) is 5.75 Å². The Kier molecular flexibility index (Phi) is 4.49. The average Bonchev–Trinajstić information content (AvgIpc) is 3.10. The number of nitrogens with two attached hydrogens (primary N) is 1. The smallest absolute Gasteiger partial charge is 0.259 e. The molecule has 1 amide bonds. The highest BCUT2D eigenvalue weighted by Gasteiger charge is 2.57. The number of hydrogen-bond acceptors (Lipinski definition) is 5. The molecular formula is C26H22N4O2. The Morgan fingerprint density at radius 2 is 1.91 bits per heavy atom. The van der Waals surface area contributed by atoms with Crippen molar-refractivity contribution in [1.82, 2.24) is 5.32 Å². The Morgan fingerprint density at radius 3 is 2.59 bits per heavy atom. The lowest BCUT2D eigenvalue weighted by molar-refractivity contribution is -0.128. The van der Waals surface area contributed by atoms with Gasteiger partial charge in [-0.2, -0.15) is 5.26 Å². The van der Waals surface area contributed by atoms with Crippen LogP contribution in [0.1, 0.15) is 35.3 Å². The van der Waals surface area contributed by atoms with Crippen LogP contribution in [0.3, 0.4) is 0 Å². The highest BCUT2D eigenvalue weighted by atomic mass is 16.5. The molecule has 0 aromatic heterocycles. The van der Waals surface area contributed by atoms with Gasteiger partial charge in [-0.1, -0.05) is 55.5 Å². The van der Waals surface area contributed by atoms with E-state index in [-0.39, 0.29) is 23.9 Å². The molecule has 0 radical (unpaired) electrons. The maximum absolute atomic E-state index is 13.4. The number of aliphatic imine (C=N–C) groups is 1. The standard InChI is InChI=1S/C26H22N4O2/c1-15-20(19-10-6-7-17(13-19)14-27)11-12-21-22(15)26(24(31)29-25(28)30-26)16(2)23(32-21)18-8-4-3-5-9-18/h3-13,16,23H,1-2H3,(H3,28,29,30,31)/t16?,23-,26?/m1/s1. The third-order valence-corrected chi connectivity index (χ3v) is 6.49. The van der Waals surface area contributed by atoms with Gasteiger partial charge in [0.15, 0.2) is 11.5 Å². The number of ether oxygens (including phenoxy) is 1. The molecule has 5 rings (SSSR count). The molecule has 3 aromatic carbocycles. The summed E-state index contributed by atoms with van der Waals surface area (Å²) < 4.78 is 6.47. The molecule has 1 spiro atoms. The van der Waals surface area contributed by atoms with E-state index >= 15 is 0 Å². The molecule has 0 aliphatic carbocycles. The van der Waals surface area contributed by atoms with Crippen molar-refractivity contribution in [3.05, 3.63) is 89.0 Å². The van der Waals surface area contributed by atoms with Gasteiger partial charge in [-0.3, -0.25) is 10.1 Å². The van der Waals surface area contributed by atoms with Crippen LogP contribution in [0, 0.1) is 24.2 Å². The molecule has 0 saturated carbocycles. The summed E-state index contributed by atoms with van der Waals surface area (Å²) in [5.41, 5.74) is 9.77. The van der Waals surface area contributed by atoms with Crippen LogP contribution in [0.4, 0.5) is 0 Å². The largest absolute Gasteiger partial charge is 0.485 e. The molecule has 0 bridgehead atoms. The highest BCUT2D eigenvalue weighted by molar-refractivity contribution is 6.08. The molecule has 2 heterocycles. The monoisotopic (exact) mass is 422 g/mol. The van der Waals surface area contributed by atoms with E-state index in [4.69, 9.17) is 10.5 Å². The van der Waals surface area contributed by atoms with Crippen molar-refractivity contribution in [3.63, 3.8) is 0 Å². The molecule has 2 unspecified atom stereocenters. The van der Waals surface area contributed by atoms with E-state index in [2.05, 4.69) is 16.4 Å². The fourth-order valence-electron chi connectivity index (χ4n) is 4.97. The van der Waals surface area contributed by atoms with Gasteiger partial charge in [0, 0.05) is 11.5 Å². The lowest BCUT2D eigenvalue weighted by Gasteiger charge is -2.43. The summed E-state index contributed by atoms with van der Waals surface area (Å²) in [6.07, 6.45) is -0.365. The molecule has 6 nitrogen and oxygen atoms in total. The molecule has 0 fully saturated rings. The van der Waals surface area contributed by atoms with E-state index in [9.17, 15) is 10.1 Å². The van der Waals surface area contributed by atoms with Crippen LogP contribution in [-0.2, 0) is 10.3 Å². The molecule has 3 atom stereocenters. The zero-order chi connectivity index (χ0) is 22.5. The van der Waals surface area contributed by atoms with Crippen molar-refractivity contribution in [1.29, 1.82) is 5.26 Å². The molecule has 2 aliphatic rings. The zero-order valence-electron chi connectivity index (χ0n) is 17.8. The predicted molar refractivity (Wildman–Crippen MR) is 122 cm³/mol. The van der Waals surface area contributed by atoms with Crippen molar-refractivity contribution < 1.29 is 9.53 Å². The highest BCUT2D eigenvalue weighted by Crippen LogP contribution is 2.54. The van der Waals surface area contributed by atoms with Gasteiger partial charge in [-0.15, -0.1) is 0 Å². The maximum atomic E-state index is 13.4. The number of nitrogens with one attached hydrogen (secondary N) is 1. The van der Waals surface area contributed by atoms with E-state index in [1.165, 1.54) is 0 Å². The second-order valence-corrected chi connectivity index (χ2v) is 8.26. The van der Waals surface area contributed by atoms with E-state index in [0.29, 0.717) is 11.3 Å². The molecule has 6 heteroatoms. The molecular weight excluding hydrogens is 400 g/mol. The van der Waals surface area contributed by atoms with Crippen LogP contribution in [0.15, 0.2) is 71.7 Å². The SMILES string of the molecule is Cc1c(-c2cccc(C#N)c2)ccc2c1C1(N=C(N)NC1=O)C(C)[C@H](c1ccccc1)O2. The van der Waals surface area contributed by atoms with E-state index in [1.54, 1.807) is 6.07 Å². The lowest BCUT2D eigenvalue weighted by Crippen LogP contribution is -2.49. The number of hydrogen-bond donors (Lipinski definition) is 2. The molecule has 3 aromatic rings. The molecule has 158 valence electrons. The Hall–Kier alpha value is -4.11. The van der Waals surface area contributed by atoms with Crippen molar-refractivity contribution in [2.75, 3.05) is 0 Å². The van der Waals surface area contributed by atoms with Gasteiger partial charge in [0.1, 0.15) is 11.9 Å². The van der Waals surface area contributed by atoms with Crippen molar-refractivity contribution in [3.8, 4) is 22.9 Å². The average molecular weight is 422 g/mol. The zero-order valence-corrected chi connectivity index (χ0v) is 17.8. The number of guanidine groups is 1. The summed E-state index contributed by atoms with van der Waals surface area (Å²) in [7, 11) is 0. The number of carbonyl (C=O) groups excluding carboxylic acids is 1. The fourth-order valence-corrected chi connectivity index (χ4v) is 4.97. The summed E-state index contributed by atoms with van der Waals surface area (Å²) >= 11 is 0. The van der Waals surface area contributed by atoms with Crippen LogP contribution in [0.2, 0.25) is 0 Å². The summed E-state index contributed by atoms with van der Waals surface area (Å²) in [5.74, 6) is 0.165. The van der Waals surface area contributed by atoms with Gasteiger partial charge in [0.2, 0.25) is 0 Å². The minimum Gasteiger partial charge on any atom is -0.485 e. The molecule has 32 heavy (non-hydrogen) atoms. The first-order valence-electron chi connectivity index (χ1n) is 10.5. The number of nitrogens with zero attached hydrogens (tertiary/aromatic N) is 2. The van der Waals surface area contributed by atoms with Crippen LogP contribution < -0.4 is 15.8 Å². The van der Waals surface area contributed by atoms with E-state index in [0.717, 1.165) is 27.8 Å². The topological polar surface area (TPSA) is 101 Å². The third-order valence-electron chi connectivity index (χ3n) is 6.49. The summed E-state index contributed by atoms with van der Waals surface area (Å²) in [4.78, 5) is 18.1. The maximum Gasteiger partial charge on any atom is 0.259 e. The number of amides is 1. The summed E-state index contributed by atoms with van der Waals surface area (Å²) in [6, 6.07) is 23.3. The second-order valence-electron chi connectivity index (χ2n) is 8.26. The number of fused-ring (bicyclic) bond motifs is 2. The van der Waals surface area contributed by atoms with Crippen LogP contribution >= 0.6 is 0 Å². The van der Waals surface area contributed by atoms with Gasteiger partial charge in [-0.25, -0.2) is 4.99 Å². The van der Waals surface area contributed by atoms with Crippen molar-refractivity contribution in [2.24, 2.45) is 16.6 Å². The number of benzene rings is 3. The van der Waals surface area contributed by atoms with Gasteiger partial charge in [0.25, 0.3) is 5.91 Å². The number of carbonyl (C=O) groups is 1. The minimum absolute atomic E-state index is 0.109. The predicted octanol–water partition coefficient (Wildman–Crippen LogP) is 3.94. The first kappa shape index (κ1) is 19.8. The lowest BCUT2D eigenvalue weighted by atomic mass is 9.70. The van der Waals surface area contributed by atoms with Gasteiger partial charge in [0.05, 0.1) is 11.6 Å². The Morgan fingerprint density at radius 1 is 1.12 bits per heavy atom. The second kappa shape index (κ2) is 7.24. The number of nitriles is 1. The van der Waals surface area contributed by atoms with Gasteiger partial charge < -0.3 is 10.5 Å². The first-order valence-corrected chi connectivity index (χ1v) is 10.5. The van der Waals surface area contributed by atoms with Crippen LogP contribution in [-0.4, -0.2) is 11.9 Å². The molecule has 3 N–H and O–H groups in total. The fraction of sp³-hybridized carbons (Fsp3) is 0.192. The minimum atomic E-state index is -1.20. The van der Waals surface area contributed by atoms with E-state index < -0.39 is 5.54 Å². The normalized spacial score (nSPS) is 23.7. The van der Waals surface area contributed by atoms with Gasteiger partial charge >= 0.3 is 0 Å². The van der Waals surface area contributed by atoms with Gasteiger partial charge in [-0.05, 0) is 47.4 Å². The third kappa shape index (κ3) is 2.78. The van der Waals surface area contributed by atoms with Crippen molar-refractivity contribution in [2.45, 2.75) is 25.5 Å². The summed E-state index contributed by atoms with van der Waals surface area (Å²) in [6.45, 7) is 3.94. The molecule has 2 aliphatic heterocycles. The summed E-state index contributed by atoms with van der Waals surface area (Å²) in [5, 5.41) is 12.0. The van der Waals surface area contributed by atoms with Crippen LogP contribution in [0.25, 0.3) is 11.1 Å². The Balaban J connectivity index is 1.75. The number of rotatable bonds is 2. The molecule has 0 saturated heterocycles. The quantitative estimate of drug-likeness (QED) is 0.653. The Bertz CT molecular complexity index is 1310. The van der Waals surface area contributed by atoms with Crippen molar-refractivity contribution >= 4 is 11.9 Å². The van der Waals surface area contributed by atoms with E-state index in [1.807, 2.05) is 74.5 Å². The Labute approximate surface area is 186 Å². The first-order chi connectivity index (χ1) is 15.5.